The van der Waals surface area contributed by atoms with E-state index >= 15 is 0 Å². The van der Waals surface area contributed by atoms with Gasteiger partial charge in [-0.2, -0.15) is 8.42 Å². The van der Waals surface area contributed by atoms with Gasteiger partial charge in [-0.25, -0.2) is 4.18 Å². The summed E-state index contributed by atoms with van der Waals surface area (Å²) in [6, 6.07) is 0. The Bertz CT molecular complexity index is 239. The summed E-state index contributed by atoms with van der Waals surface area (Å²) in [5.74, 6) is 0. The minimum atomic E-state index is -4.36. The van der Waals surface area contributed by atoms with Crippen molar-refractivity contribution < 1.29 is 31.4 Å². The van der Waals surface area contributed by atoms with Crippen molar-refractivity contribution in [2.45, 2.75) is 6.92 Å². The van der Waals surface area contributed by atoms with Crippen LogP contribution in [0.3, 0.4) is 0 Å². The van der Waals surface area contributed by atoms with Crippen LogP contribution in [0.25, 0.3) is 0 Å². The highest BCUT2D eigenvalue weighted by atomic mass is 32.3. The van der Waals surface area contributed by atoms with E-state index in [-0.39, 0.29) is 13.2 Å². The molecule has 0 saturated heterocycles. The number of hydrogen-bond acceptors (Lipinski definition) is 6. The van der Waals surface area contributed by atoms with Gasteiger partial charge in [-0.1, -0.05) is 0 Å². The Morgan fingerprint density at radius 1 is 0.875 bits per heavy atom. The largest absolute Gasteiger partial charge is 0.397 e. The van der Waals surface area contributed by atoms with Gasteiger partial charge in [-0.15, -0.1) is 0 Å². The molecule has 0 atom stereocenters. The zero-order valence-electron chi connectivity index (χ0n) is 9.25. The van der Waals surface area contributed by atoms with Crippen LogP contribution >= 0.6 is 0 Å². The molecule has 1 N–H and O–H groups in total. The summed E-state index contributed by atoms with van der Waals surface area (Å²) in [7, 11) is -4.36. The average molecular weight is 258 g/mol. The molecule has 0 heterocycles. The summed E-state index contributed by atoms with van der Waals surface area (Å²) in [6.07, 6.45) is 0. The van der Waals surface area contributed by atoms with Crippen molar-refractivity contribution in [2.75, 3.05) is 46.2 Å². The summed E-state index contributed by atoms with van der Waals surface area (Å²) >= 11 is 0. The van der Waals surface area contributed by atoms with Gasteiger partial charge in [0, 0.05) is 6.61 Å². The van der Waals surface area contributed by atoms with E-state index in [1.165, 1.54) is 0 Å². The van der Waals surface area contributed by atoms with Gasteiger partial charge >= 0.3 is 10.4 Å². The normalized spacial score (nSPS) is 11.9. The van der Waals surface area contributed by atoms with Gasteiger partial charge in [-0.3, -0.25) is 4.55 Å². The minimum absolute atomic E-state index is 0.0780. The second kappa shape index (κ2) is 9.94. The molecule has 0 bridgehead atoms. The monoisotopic (exact) mass is 258 g/mol. The zero-order valence-corrected chi connectivity index (χ0v) is 10.1. The first-order chi connectivity index (χ1) is 7.56. The van der Waals surface area contributed by atoms with Crippen LogP contribution < -0.4 is 0 Å². The van der Waals surface area contributed by atoms with Gasteiger partial charge in [-0.05, 0) is 6.92 Å². The molecule has 0 rings (SSSR count). The second-order valence-corrected chi connectivity index (χ2v) is 3.76. The molecule has 0 unspecified atom stereocenters. The van der Waals surface area contributed by atoms with Crippen molar-refractivity contribution in [3.8, 4) is 0 Å². The molecule has 0 fully saturated rings. The highest BCUT2D eigenvalue weighted by Gasteiger charge is 2.02. The summed E-state index contributed by atoms with van der Waals surface area (Å²) in [5.41, 5.74) is 0. The Kier molecular flexibility index (Phi) is 9.78. The molecule has 0 aliphatic heterocycles. The molecule has 0 aliphatic carbocycles. The van der Waals surface area contributed by atoms with Crippen LogP contribution in [0.4, 0.5) is 0 Å². The molecule has 98 valence electrons. The Hall–Kier alpha value is -0.250. The van der Waals surface area contributed by atoms with Gasteiger partial charge in [0.05, 0.1) is 39.6 Å². The maximum absolute atomic E-state index is 10.1. The molecule has 0 spiro atoms. The lowest BCUT2D eigenvalue weighted by molar-refractivity contribution is 0.0111. The van der Waals surface area contributed by atoms with E-state index < -0.39 is 10.4 Å². The summed E-state index contributed by atoms with van der Waals surface area (Å²) in [4.78, 5) is 0. The average Bonchev–Trinajstić information content (AvgIpc) is 2.19. The molecule has 0 radical (unpaired) electrons. The van der Waals surface area contributed by atoms with Crippen LogP contribution in [0.1, 0.15) is 6.92 Å². The zero-order chi connectivity index (χ0) is 12.3. The third-order valence-electron chi connectivity index (χ3n) is 1.41. The van der Waals surface area contributed by atoms with E-state index in [0.717, 1.165) is 0 Å². The van der Waals surface area contributed by atoms with Gasteiger partial charge in [0.2, 0.25) is 0 Å². The lowest BCUT2D eigenvalue weighted by Gasteiger charge is -2.05. The summed E-state index contributed by atoms with van der Waals surface area (Å²) < 4.78 is 47.6. The van der Waals surface area contributed by atoms with E-state index in [1.807, 2.05) is 6.92 Å². The molecule has 16 heavy (non-hydrogen) atoms. The van der Waals surface area contributed by atoms with E-state index in [1.54, 1.807) is 0 Å². The van der Waals surface area contributed by atoms with Crippen molar-refractivity contribution in [3.63, 3.8) is 0 Å². The van der Waals surface area contributed by atoms with Crippen LogP contribution in [-0.4, -0.2) is 59.2 Å². The van der Waals surface area contributed by atoms with Gasteiger partial charge in [0.15, 0.2) is 0 Å². The van der Waals surface area contributed by atoms with Crippen molar-refractivity contribution in [1.29, 1.82) is 0 Å². The lowest BCUT2D eigenvalue weighted by Crippen LogP contribution is -2.13. The number of rotatable bonds is 11. The smallest absolute Gasteiger partial charge is 0.379 e. The lowest BCUT2D eigenvalue weighted by atomic mass is 10.7. The van der Waals surface area contributed by atoms with Crippen molar-refractivity contribution in [1.82, 2.24) is 0 Å². The Labute approximate surface area is 95.6 Å². The molecule has 0 aromatic carbocycles. The first kappa shape index (κ1) is 15.8. The molecule has 0 saturated carbocycles. The van der Waals surface area contributed by atoms with E-state index in [4.69, 9.17) is 18.8 Å². The van der Waals surface area contributed by atoms with Crippen LogP contribution in [0.15, 0.2) is 0 Å². The highest BCUT2D eigenvalue weighted by molar-refractivity contribution is 7.80. The quantitative estimate of drug-likeness (QED) is 0.408. The molecular formula is C8H18O7S. The fourth-order valence-corrected chi connectivity index (χ4v) is 1.06. The van der Waals surface area contributed by atoms with Crippen molar-refractivity contribution in [2.24, 2.45) is 0 Å². The number of hydrogen-bond donors (Lipinski definition) is 1. The SMILES string of the molecule is CCOCCOCCOCCOS(=O)(=O)O. The molecule has 0 amide bonds. The van der Waals surface area contributed by atoms with Crippen LogP contribution in [0.2, 0.25) is 0 Å². The highest BCUT2D eigenvalue weighted by Crippen LogP contribution is 1.86. The van der Waals surface area contributed by atoms with E-state index in [0.29, 0.717) is 33.0 Å². The van der Waals surface area contributed by atoms with Gasteiger partial charge < -0.3 is 14.2 Å². The summed E-state index contributed by atoms with van der Waals surface area (Å²) in [6.45, 7) is 4.21. The molecule has 8 heteroatoms. The second-order valence-electron chi connectivity index (χ2n) is 2.67. The Morgan fingerprint density at radius 2 is 1.31 bits per heavy atom. The van der Waals surface area contributed by atoms with Gasteiger partial charge in [0.25, 0.3) is 0 Å². The van der Waals surface area contributed by atoms with Gasteiger partial charge in [0.1, 0.15) is 0 Å². The first-order valence-corrected chi connectivity index (χ1v) is 6.28. The maximum Gasteiger partial charge on any atom is 0.397 e. The molecule has 7 nitrogen and oxygen atoms in total. The molecular weight excluding hydrogens is 240 g/mol. The summed E-state index contributed by atoms with van der Waals surface area (Å²) in [5, 5.41) is 0. The van der Waals surface area contributed by atoms with Crippen LogP contribution in [0, 0.1) is 0 Å². The number of ether oxygens (including phenoxy) is 3. The van der Waals surface area contributed by atoms with Crippen molar-refractivity contribution >= 4 is 10.4 Å². The first-order valence-electron chi connectivity index (χ1n) is 4.91. The minimum Gasteiger partial charge on any atom is -0.379 e. The van der Waals surface area contributed by atoms with Crippen LogP contribution in [0.5, 0.6) is 0 Å². The third kappa shape index (κ3) is 13.8. The Morgan fingerprint density at radius 3 is 1.75 bits per heavy atom. The fourth-order valence-electron chi connectivity index (χ4n) is 0.782. The predicted octanol–water partition coefficient (Wildman–Crippen LogP) is -0.124. The molecule has 0 aromatic heterocycles. The topological polar surface area (TPSA) is 91.3 Å². The van der Waals surface area contributed by atoms with Crippen LogP contribution in [-0.2, 0) is 28.8 Å². The van der Waals surface area contributed by atoms with E-state index in [2.05, 4.69) is 4.18 Å². The fraction of sp³-hybridized carbons (Fsp3) is 1.00. The predicted molar refractivity (Wildman–Crippen MR) is 55.6 cm³/mol. The maximum atomic E-state index is 10.1. The molecule has 0 aromatic rings. The van der Waals surface area contributed by atoms with E-state index in [9.17, 15) is 8.42 Å². The van der Waals surface area contributed by atoms with Crippen molar-refractivity contribution in [3.05, 3.63) is 0 Å². The molecule has 0 aliphatic rings. The third-order valence-corrected chi connectivity index (χ3v) is 1.87. The Balaban J connectivity index is 3.05. The standard InChI is InChI=1S/C8H18O7S/c1-2-12-3-4-13-5-6-14-7-8-15-16(9,10)11/h2-8H2,1H3,(H,9,10,11).